The van der Waals surface area contributed by atoms with Crippen molar-refractivity contribution in [3.05, 3.63) is 65.7 Å². The number of amides is 2. The molecule has 5 nitrogen and oxygen atoms in total. The van der Waals surface area contributed by atoms with E-state index in [4.69, 9.17) is 5.11 Å². The number of carboxylic acid groups (broad SMARTS) is 1. The molecule has 0 aliphatic heterocycles. The van der Waals surface area contributed by atoms with E-state index in [0.717, 1.165) is 17.7 Å². The lowest BCUT2D eigenvalue weighted by Crippen LogP contribution is -2.41. The molecule has 0 bridgehead atoms. The van der Waals surface area contributed by atoms with E-state index in [2.05, 4.69) is 5.32 Å². The van der Waals surface area contributed by atoms with Crippen LogP contribution in [0.1, 0.15) is 29.3 Å². The Kier molecular flexibility index (Phi) is 6.37. The van der Waals surface area contributed by atoms with Crippen molar-refractivity contribution in [1.82, 2.24) is 5.32 Å². The molecule has 2 amide bonds. The summed E-state index contributed by atoms with van der Waals surface area (Å²) < 4.78 is 0. The zero-order valence-electron chi connectivity index (χ0n) is 13.7. The second kappa shape index (κ2) is 8.72. The van der Waals surface area contributed by atoms with E-state index in [1.165, 1.54) is 0 Å². The van der Waals surface area contributed by atoms with E-state index >= 15 is 0 Å². The molecule has 0 saturated heterocycles. The van der Waals surface area contributed by atoms with Gasteiger partial charge in [0.15, 0.2) is 0 Å². The van der Waals surface area contributed by atoms with Crippen LogP contribution in [-0.2, 0) is 6.42 Å². The van der Waals surface area contributed by atoms with E-state index in [1.807, 2.05) is 37.3 Å². The first kappa shape index (κ1) is 17.5. The van der Waals surface area contributed by atoms with Crippen molar-refractivity contribution in [3.8, 4) is 0 Å². The Morgan fingerprint density at radius 2 is 1.71 bits per heavy atom. The van der Waals surface area contributed by atoms with Crippen molar-refractivity contribution in [2.45, 2.75) is 19.8 Å². The largest absolute Gasteiger partial charge is 0.478 e. The first-order chi connectivity index (χ1) is 11.6. The Morgan fingerprint density at radius 3 is 2.29 bits per heavy atom. The van der Waals surface area contributed by atoms with Crippen LogP contribution in [0, 0.1) is 0 Å². The molecule has 5 heteroatoms. The third kappa shape index (κ3) is 4.84. The highest BCUT2D eigenvalue weighted by atomic mass is 16.4. The molecule has 0 atom stereocenters. The molecule has 2 N–H and O–H groups in total. The van der Waals surface area contributed by atoms with E-state index in [-0.39, 0.29) is 11.6 Å². The monoisotopic (exact) mass is 326 g/mol. The fourth-order valence-electron chi connectivity index (χ4n) is 2.34. The molecule has 0 heterocycles. The maximum absolute atomic E-state index is 12.4. The number of carbonyl (C=O) groups is 2. The number of para-hydroxylation sites is 1. The zero-order valence-corrected chi connectivity index (χ0v) is 13.7. The number of carboxylic acids is 1. The molecule has 2 aromatic rings. The minimum Gasteiger partial charge on any atom is -0.478 e. The number of anilines is 1. The first-order valence-corrected chi connectivity index (χ1v) is 8.04. The maximum atomic E-state index is 12.4. The van der Waals surface area contributed by atoms with Crippen LogP contribution in [0.2, 0.25) is 0 Å². The van der Waals surface area contributed by atoms with E-state index < -0.39 is 5.97 Å². The third-order valence-corrected chi connectivity index (χ3v) is 3.66. The predicted octanol–water partition coefficient (Wildman–Crippen LogP) is 3.55. The van der Waals surface area contributed by atoms with Crippen molar-refractivity contribution >= 4 is 17.7 Å². The molecule has 2 aromatic carbocycles. The average molecular weight is 326 g/mol. The van der Waals surface area contributed by atoms with Gasteiger partial charge in [0.2, 0.25) is 0 Å². The Hall–Kier alpha value is -2.82. The first-order valence-electron chi connectivity index (χ1n) is 8.04. The molecule has 0 aliphatic carbocycles. The number of rotatable bonds is 7. The summed E-state index contributed by atoms with van der Waals surface area (Å²) in [6.07, 6.45) is 1.53. The summed E-state index contributed by atoms with van der Waals surface area (Å²) in [7, 11) is 0. The minimum absolute atomic E-state index is 0.120. The molecule has 0 aromatic heterocycles. The molecule has 0 saturated carbocycles. The van der Waals surface area contributed by atoms with Crippen molar-refractivity contribution in [2.24, 2.45) is 0 Å². The highest BCUT2D eigenvalue weighted by Crippen LogP contribution is 2.15. The SMILES string of the molecule is CCCNC(=O)N(CCc1ccc(C(=O)O)cc1)c1ccccc1. The molecule has 0 spiro atoms. The lowest BCUT2D eigenvalue weighted by molar-refractivity contribution is 0.0697. The Bertz CT molecular complexity index is 669. The van der Waals surface area contributed by atoms with E-state index in [1.54, 1.807) is 29.2 Å². The number of nitrogens with one attached hydrogen (secondary N) is 1. The number of hydrogen-bond donors (Lipinski definition) is 2. The molecular formula is C19H22N2O3. The maximum Gasteiger partial charge on any atom is 0.335 e. The van der Waals surface area contributed by atoms with Gasteiger partial charge in [-0.15, -0.1) is 0 Å². The fourth-order valence-corrected chi connectivity index (χ4v) is 2.34. The summed E-state index contributed by atoms with van der Waals surface area (Å²) in [5.41, 5.74) is 2.09. The molecule has 0 aliphatic rings. The Labute approximate surface area is 141 Å². The smallest absolute Gasteiger partial charge is 0.335 e. The number of aromatic carboxylic acids is 1. The fraction of sp³-hybridized carbons (Fsp3) is 0.263. The van der Waals surface area contributed by atoms with Crippen LogP contribution in [-0.4, -0.2) is 30.2 Å². The van der Waals surface area contributed by atoms with Crippen LogP contribution < -0.4 is 10.2 Å². The quantitative estimate of drug-likeness (QED) is 0.817. The number of hydrogen-bond acceptors (Lipinski definition) is 2. The van der Waals surface area contributed by atoms with Crippen LogP contribution >= 0.6 is 0 Å². The average Bonchev–Trinajstić information content (AvgIpc) is 2.61. The lowest BCUT2D eigenvalue weighted by atomic mass is 10.1. The normalized spacial score (nSPS) is 10.2. The molecule has 0 radical (unpaired) electrons. The molecule has 0 fully saturated rings. The van der Waals surface area contributed by atoms with Crippen molar-refractivity contribution < 1.29 is 14.7 Å². The Balaban J connectivity index is 2.07. The van der Waals surface area contributed by atoms with Gasteiger partial charge in [-0.05, 0) is 42.7 Å². The summed E-state index contributed by atoms with van der Waals surface area (Å²) in [4.78, 5) is 25.0. The second-order valence-electron chi connectivity index (χ2n) is 5.47. The molecule has 2 rings (SSSR count). The summed E-state index contributed by atoms with van der Waals surface area (Å²) in [5, 5.41) is 11.8. The molecule has 24 heavy (non-hydrogen) atoms. The van der Waals surface area contributed by atoms with Crippen molar-refractivity contribution in [2.75, 3.05) is 18.0 Å². The number of nitrogens with zero attached hydrogens (tertiary/aromatic N) is 1. The summed E-state index contributed by atoms with van der Waals surface area (Å²) in [5.74, 6) is -0.939. The number of urea groups is 1. The zero-order chi connectivity index (χ0) is 17.4. The van der Waals surface area contributed by atoms with Gasteiger partial charge in [-0.25, -0.2) is 9.59 Å². The van der Waals surface area contributed by atoms with Crippen LogP contribution in [0.15, 0.2) is 54.6 Å². The molecule has 0 unspecified atom stereocenters. The van der Waals surface area contributed by atoms with Crippen molar-refractivity contribution in [1.29, 1.82) is 0 Å². The second-order valence-corrected chi connectivity index (χ2v) is 5.47. The van der Waals surface area contributed by atoms with Crippen molar-refractivity contribution in [3.63, 3.8) is 0 Å². The highest BCUT2D eigenvalue weighted by Gasteiger charge is 2.14. The number of carbonyl (C=O) groups excluding carboxylic acids is 1. The topological polar surface area (TPSA) is 69.6 Å². The van der Waals surface area contributed by atoms with Gasteiger partial charge in [0.1, 0.15) is 0 Å². The van der Waals surface area contributed by atoms with E-state index in [0.29, 0.717) is 19.5 Å². The highest BCUT2D eigenvalue weighted by molar-refractivity contribution is 5.92. The van der Waals surface area contributed by atoms with Crippen LogP contribution in [0.3, 0.4) is 0 Å². The molecule has 126 valence electrons. The summed E-state index contributed by atoms with van der Waals surface area (Å²) in [6.45, 7) is 3.17. The van der Waals surface area contributed by atoms with Gasteiger partial charge in [-0.1, -0.05) is 37.3 Å². The standard InChI is InChI=1S/C19H22N2O3/c1-2-13-20-19(24)21(17-6-4-3-5-7-17)14-12-15-8-10-16(11-9-15)18(22)23/h3-11H,2,12-14H2,1H3,(H,20,24)(H,22,23). The van der Waals surface area contributed by atoms with Crippen LogP contribution in [0.4, 0.5) is 10.5 Å². The van der Waals surface area contributed by atoms with Crippen LogP contribution in [0.5, 0.6) is 0 Å². The van der Waals surface area contributed by atoms with E-state index in [9.17, 15) is 9.59 Å². The van der Waals surface area contributed by atoms with Gasteiger partial charge in [0.25, 0.3) is 0 Å². The summed E-state index contributed by atoms with van der Waals surface area (Å²) in [6, 6.07) is 16.1. The summed E-state index contributed by atoms with van der Waals surface area (Å²) >= 11 is 0. The number of benzene rings is 2. The van der Waals surface area contributed by atoms with Gasteiger partial charge in [-0.3, -0.25) is 4.90 Å². The van der Waals surface area contributed by atoms with Gasteiger partial charge in [-0.2, -0.15) is 0 Å². The lowest BCUT2D eigenvalue weighted by Gasteiger charge is -2.23. The minimum atomic E-state index is -0.939. The van der Waals surface area contributed by atoms with Gasteiger partial charge in [0, 0.05) is 18.8 Å². The third-order valence-electron chi connectivity index (χ3n) is 3.66. The van der Waals surface area contributed by atoms with Gasteiger partial charge < -0.3 is 10.4 Å². The molecular weight excluding hydrogens is 304 g/mol. The van der Waals surface area contributed by atoms with Gasteiger partial charge >= 0.3 is 12.0 Å². The van der Waals surface area contributed by atoms with Crippen LogP contribution in [0.25, 0.3) is 0 Å². The van der Waals surface area contributed by atoms with Gasteiger partial charge in [0.05, 0.1) is 5.56 Å². The Morgan fingerprint density at radius 1 is 1.04 bits per heavy atom. The predicted molar refractivity (Wildman–Crippen MR) is 94.6 cm³/mol.